The maximum Gasteiger partial charge on any atom is 0.138 e. The molecule has 2 rings (SSSR count). The minimum atomic E-state index is -0.555. The van der Waals surface area contributed by atoms with E-state index < -0.39 is 6.10 Å². The van der Waals surface area contributed by atoms with Gasteiger partial charge in [0, 0.05) is 10.6 Å². The van der Waals surface area contributed by atoms with Crippen molar-refractivity contribution in [1.82, 2.24) is 0 Å². The summed E-state index contributed by atoms with van der Waals surface area (Å²) in [6.45, 7) is 1.60. The SMILES string of the molecule is O[C@@H](C[NH2+]Cc1ccccc1)COc1ccc(Cl)cc1Cl. The molecule has 112 valence electrons. The number of quaternary nitrogens is 1. The molecule has 5 heteroatoms. The second kappa shape index (κ2) is 8.25. The number of halogens is 2. The van der Waals surface area contributed by atoms with E-state index in [1.807, 2.05) is 23.5 Å². The Hall–Kier alpha value is -1.26. The topological polar surface area (TPSA) is 46.1 Å². The molecule has 0 aliphatic rings. The Bertz CT molecular complexity index is 563. The van der Waals surface area contributed by atoms with Gasteiger partial charge in [-0.3, -0.25) is 0 Å². The molecule has 1 atom stereocenters. The van der Waals surface area contributed by atoms with E-state index >= 15 is 0 Å². The van der Waals surface area contributed by atoms with Gasteiger partial charge in [-0.1, -0.05) is 53.5 Å². The highest BCUT2D eigenvalue weighted by Crippen LogP contribution is 2.27. The molecule has 0 heterocycles. The van der Waals surface area contributed by atoms with Gasteiger partial charge in [-0.25, -0.2) is 0 Å². The molecule has 0 fully saturated rings. The van der Waals surface area contributed by atoms with Crippen LogP contribution in [0.1, 0.15) is 5.56 Å². The zero-order valence-corrected chi connectivity index (χ0v) is 13.0. The van der Waals surface area contributed by atoms with Crippen molar-refractivity contribution in [2.24, 2.45) is 0 Å². The van der Waals surface area contributed by atoms with E-state index in [9.17, 15) is 5.11 Å². The van der Waals surface area contributed by atoms with Crippen LogP contribution in [0.25, 0.3) is 0 Å². The van der Waals surface area contributed by atoms with E-state index in [1.165, 1.54) is 5.56 Å². The summed E-state index contributed by atoms with van der Waals surface area (Å²) in [5, 5.41) is 13.0. The molecule has 0 aliphatic carbocycles. The first-order valence-corrected chi connectivity index (χ1v) is 7.52. The molecule has 0 bridgehead atoms. The number of nitrogens with two attached hydrogens (primary N) is 1. The van der Waals surface area contributed by atoms with Gasteiger partial charge in [0.25, 0.3) is 0 Å². The Balaban J connectivity index is 1.71. The molecule has 2 aromatic rings. The summed E-state index contributed by atoms with van der Waals surface area (Å²) in [7, 11) is 0. The number of aliphatic hydroxyl groups excluding tert-OH is 1. The molecule has 0 unspecified atom stereocenters. The lowest BCUT2D eigenvalue weighted by Crippen LogP contribution is -2.85. The third-order valence-corrected chi connectivity index (χ3v) is 3.52. The van der Waals surface area contributed by atoms with Crippen molar-refractivity contribution in [2.75, 3.05) is 13.2 Å². The fourth-order valence-corrected chi connectivity index (χ4v) is 2.37. The highest BCUT2D eigenvalue weighted by molar-refractivity contribution is 6.35. The van der Waals surface area contributed by atoms with Crippen LogP contribution in [0.2, 0.25) is 10.0 Å². The fraction of sp³-hybridized carbons (Fsp3) is 0.250. The van der Waals surface area contributed by atoms with Crippen molar-refractivity contribution in [3.63, 3.8) is 0 Å². The molecule has 0 spiro atoms. The van der Waals surface area contributed by atoms with Crippen LogP contribution in [0.15, 0.2) is 48.5 Å². The van der Waals surface area contributed by atoms with Crippen LogP contribution < -0.4 is 10.1 Å². The second-order valence-corrected chi connectivity index (χ2v) is 5.60. The van der Waals surface area contributed by atoms with Gasteiger partial charge < -0.3 is 15.2 Å². The molecule has 0 radical (unpaired) electrons. The number of benzene rings is 2. The zero-order chi connectivity index (χ0) is 15.1. The lowest BCUT2D eigenvalue weighted by atomic mass is 10.2. The van der Waals surface area contributed by atoms with E-state index in [0.29, 0.717) is 22.3 Å². The second-order valence-electron chi connectivity index (χ2n) is 4.75. The first kappa shape index (κ1) is 16.1. The maximum absolute atomic E-state index is 9.91. The van der Waals surface area contributed by atoms with E-state index in [4.69, 9.17) is 27.9 Å². The van der Waals surface area contributed by atoms with Crippen LogP contribution in [-0.4, -0.2) is 24.4 Å². The van der Waals surface area contributed by atoms with E-state index in [1.54, 1.807) is 18.2 Å². The summed E-state index contributed by atoms with van der Waals surface area (Å²) in [6, 6.07) is 15.1. The largest absolute Gasteiger partial charge is 0.489 e. The van der Waals surface area contributed by atoms with Gasteiger partial charge in [0.2, 0.25) is 0 Å². The molecule has 0 saturated carbocycles. The van der Waals surface area contributed by atoms with Crippen molar-refractivity contribution in [2.45, 2.75) is 12.6 Å². The quantitative estimate of drug-likeness (QED) is 0.821. The van der Waals surface area contributed by atoms with Gasteiger partial charge in [-0.05, 0) is 18.2 Å². The Morgan fingerprint density at radius 2 is 1.86 bits per heavy atom. The minimum absolute atomic E-state index is 0.201. The normalized spacial score (nSPS) is 12.1. The van der Waals surface area contributed by atoms with Crippen LogP contribution >= 0.6 is 23.2 Å². The predicted octanol–water partition coefficient (Wildman–Crippen LogP) is 2.50. The summed E-state index contributed by atoms with van der Waals surface area (Å²) in [5.74, 6) is 0.531. The van der Waals surface area contributed by atoms with Crippen LogP contribution in [0.3, 0.4) is 0 Å². The third-order valence-electron chi connectivity index (χ3n) is 2.99. The van der Waals surface area contributed by atoms with Crippen molar-refractivity contribution in [3.05, 3.63) is 64.1 Å². The van der Waals surface area contributed by atoms with Gasteiger partial charge in [-0.2, -0.15) is 0 Å². The summed E-state index contributed by atoms with van der Waals surface area (Å²) < 4.78 is 5.50. The average Bonchev–Trinajstić information content (AvgIpc) is 2.47. The standard InChI is InChI=1S/C16H17Cl2NO2/c17-13-6-7-16(15(18)8-13)21-11-14(20)10-19-9-12-4-2-1-3-5-12/h1-8,14,19-20H,9-11H2/p+1/t14-/m0/s1. The fourth-order valence-electron chi connectivity index (χ4n) is 1.90. The maximum atomic E-state index is 9.91. The first-order chi connectivity index (χ1) is 10.1. The van der Waals surface area contributed by atoms with E-state index in [0.717, 1.165) is 6.54 Å². The number of hydrogen-bond acceptors (Lipinski definition) is 2. The molecule has 3 N–H and O–H groups in total. The van der Waals surface area contributed by atoms with Gasteiger partial charge in [-0.15, -0.1) is 0 Å². The van der Waals surface area contributed by atoms with Gasteiger partial charge in [0.05, 0.1) is 5.02 Å². The van der Waals surface area contributed by atoms with Crippen molar-refractivity contribution < 1.29 is 15.2 Å². The number of aliphatic hydroxyl groups is 1. The van der Waals surface area contributed by atoms with Crippen molar-refractivity contribution in [1.29, 1.82) is 0 Å². The molecule has 0 aromatic heterocycles. The average molecular weight is 327 g/mol. The molecular formula is C16H18Cl2NO2+. The lowest BCUT2D eigenvalue weighted by molar-refractivity contribution is -0.676. The van der Waals surface area contributed by atoms with Crippen LogP contribution in [0.5, 0.6) is 5.75 Å². The molecule has 0 aliphatic heterocycles. The molecule has 21 heavy (non-hydrogen) atoms. The van der Waals surface area contributed by atoms with Crippen LogP contribution in [0, 0.1) is 0 Å². The van der Waals surface area contributed by atoms with E-state index in [-0.39, 0.29) is 6.61 Å². The monoisotopic (exact) mass is 326 g/mol. The smallest absolute Gasteiger partial charge is 0.138 e. The van der Waals surface area contributed by atoms with Gasteiger partial charge in [0.1, 0.15) is 31.5 Å². The van der Waals surface area contributed by atoms with Crippen molar-refractivity contribution >= 4 is 23.2 Å². The van der Waals surface area contributed by atoms with Crippen LogP contribution in [0.4, 0.5) is 0 Å². The molecule has 0 saturated heterocycles. The third kappa shape index (κ3) is 5.56. The zero-order valence-electron chi connectivity index (χ0n) is 11.5. The predicted molar refractivity (Wildman–Crippen MR) is 84.9 cm³/mol. The minimum Gasteiger partial charge on any atom is -0.489 e. The molecule has 0 amide bonds. The number of rotatable bonds is 7. The Labute approximate surface area is 134 Å². The Kier molecular flexibility index (Phi) is 6.33. The molecular weight excluding hydrogens is 309 g/mol. The number of hydrogen-bond donors (Lipinski definition) is 2. The summed E-state index contributed by atoms with van der Waals surface area (Å²) in [5.41, 5.74) is 1.23. The molecule has 2 aromatic carbocycles. The highest BCUT2D eigenvalue weighted by atomic mass is 35.5. The van der Waals surface area contributed by atoms with Gasteiger partial charge >= 0.3 is 0 Å². The van der Waals surface area contributed by atoms with E-state index in [2.05, 4.69) is 12.1 Å². The molecule has 3 nitrogen and oxygen atoms in total. The lowest BCUT2D eigenvalue weighted by Gasteiger charge is -2.12. The van der Waals surface area contributed by atoms with Gasteiger partial charge in [0.15, 0.2) is 0 Å². The Morgan fingerprint density at radius 3 is 2.57 bits per heavy atom. The first-order valence-electron chi connectivity index (χ1n) is 6.76. The summed E-state index contributed by atoms with van der Waals surface area (Å²) in [6.07, 6.45) is -0.555. The summed E-state index contributed by atoms with van der Waals surface area (Å²) in [4.78, 5) is 0. The highest BCUT2D eigenvalue weighted by Gasteiger charge is 2.09. The Morgan fingerprint density at radius 1 is 1.10 bits per heavy atom. The summed E-state index contributed by atoms with van der Waals surface area (Å²) >= 11 is 11.8. The number of ether oxygens (including phenoxy) is 1. The van der Waals surface area contributed by atoms with Crippen LogP contribution in [-0.2, 0) is 6.54 Å². The van der Waals surface area contributed by atoms with Crippen molar-refractivity contribution in [3.8, 4) is 5.75 Å².